The van der Waals surface area contributed by atoms with E-state index in [-0.39, 0.29) is 35.9 Å². The molecule has 0 fully saturated rings. The lowest BCUT2D eigenvalue weighted by molar-refractivity contribution is 0.0934. The molecular formula is C19H21FN4O3. The first-order valence-corrected chi connectivity index (χ1v) is 8.49. The maximum Gasteiger partial charge on any atom is 0.273 e. The van der Waals surface area contributed by atoms with Crippen LogP contribution in [0.3, 0.4) is 0 Å². The molecule has 0 aliphatic carbocycles. The molecule has 1 aromatic carbocycles. The minimum absolute atomic E-state index is 0.0788. The molecule has 1 N–H and O–H groups in total. The molecule has 0 spiro atoms. The molecule has 0 saturated heterocycles. The second-order valence-corrected chi connectivity index (χ2v) is 6.25. The van der Waals surface area contributed by atoms with Gasteiger partial charge in [-0.1, -0.05) is 12.1 Å². The molecular weight excluding hydrogens is 351 g/mol. The SMILES string of the molecule is Cc1nn(C)c(C)c1C(C)NC(=O)c1coc(COc2ccccc2F)n1. The van der Waals surface area contributed by atoms with E-state index in [4.69, 9.17) is 9.15 Å². The second-order valence-electron chi connectivity index (χ2n) is 6.25. The normalized spacial score (nSPS) is 12.0. The number of para-hydroxylation sites is 1. The molecule has 27 heavy (non-hydrogen) atoms. The lowest BCUT2D eigenvalue weighted by Crippen LogP contribution is -2.27. The number of oxazole rings is 1. The van der Waals surface area contributed by atoms with Crippen molar-refractivity contribution in [3.8, 4) is 5.75 Å². The molecule has 3 aromatic rings. The Morgan fingerprint density at radius 2 is 2.11 bits per heavy atom. The fourth-order valence-electron chi connectivity index (χ4n) is 2.94. The molecule has 142 valence electrons. The Bertz CT molecular complexity index is 964. The number of aromatic nitrogens is 3. The van der Waals surface area contributed by atoms with E-state index in [1.54, 1.807) is 16.8 Å². The van der Waals surface area contributed by atoms with Gasteiger partial charge < -0.3 is 14.5 Å². The highest BCUT2D eigenvalue weighted by molar-refractivity contribution is 5.92. The van der Waals surface area contributed by atoms with Gasteiger partial charge in [-0.15, -0.1) is 0 Å². The Balaban J connectivity index is 1.63. The van der Waals surface area contributed by atoms with Gasteiger partial charge >= 0.3 is 0 Å². The van der Waals surface area contributed by atoms with Crippen LogP contribution in [0, 0.1) is 19.7 Å². The Morgan fingerprint density at radius 3 is 2.78 bits per heavy atom. The topological polar surface area (TPSA) is 82.2 Å². The number of ether oxygens (including phenoxy) is 1. The molecule has 2 aromatic heterocycles. The fraction of sp³-hybridized carbons (Fsp3) is 0.316. The minimum Gasteiger partial charge on any atom is -0.481 e. The number of benzene rings is 1. The summed E-state index contributed by atoms with van der Waals surface area (Å²) in [6.07, 6.45) is 1.26. The lowest BCUT2D eigenvalue weighted by atomic mass is 10.1. The highest BCUT2D eigenvalue weighted by Crippen LogP contribution is 2.21. The molecule has 2 heterocycles. The van der Waals surface area contributed by atoms with Crippen LogP contribution in [0.4, 0.5) is 4.39 Å². The van der Waals surface area contributed by atoms with Crippen molar-refractivity contribution in [1.29, 1.82) is 0 Å². The number of hydrogen-bond donors (Lipinski definition) is 1. The quantitative estimate of drug-likeness (QED) is 0.718. The Morgan fingerprint density at radius 1 is 1.37 bits per heavy atom. The van der Waals surface area contributed by atoms with Gasteiger partial charge in [0.05, 0.1) is 11.7 Å². The summed E-state index contributed by atoms with van der Waals surface area (Å²) in [6.45, 7) is 5.66. The number of halogens is 1. The van der Waals surface area contributed by atoms with Gasteiger partial charge in [-0.05, 0) is 32.9 Å². The van der Waals surface area contributed by atoms with Crippen molar-refractivity contribution in [2.75, 3.05) is 0 Å². The van der Waals surface area contributed by atoms with Gasteiger partial charge in [0.2, 0.25) is 5.89 Å². The van der Waals surface area contributed by atoms with Gasteiger partial charge in [0, 0.05) is 18.3 Å². The number of carbonyl (C=O) groups excluding carboxylic acids is 1. The van der Waals surface area contributed by atoms with Gasteiger partial charge in [-0.2, -0.15) is 5.10 Å². The molecule has 7 nitrogen and oxygen atoms in total. The van der Waals surface area contributed by atoms with Crippen molar-refractivity contribution < 1.29 is 18.3 Å². The summed E-state index contributed by atoms with van der Waals surface area (Å²) in [5, 5.41) is 7.25. The molecule has 3 rings (SSSR count). The van der Waals surface area contributed by atoms with Crippen molar-refractivity contribution in [2.24, 2.45) is 7.05 Å². The van der Waals surface area contributed by atoms with Gasteiger partial charge in [-0.3, -0.25) is 9.48 Å². The third kappa shape index (κ3) is 3.99. The third-order valence-corrected chi connectivity index (χ3v) is 4.32. The zero-order valence-corrected chi connectivity index (χ0v) is 15.6. The third-order valence-electron chi connectivity index (χ3n) is 4.32. The smallest absolute Gasteiger partial charge is 0.273 e. The molecule has 8 heteroatoms. The molecule has 1 atom stereocenters. The second kappa shape index (κ2) is 7.61. The largest absolute Gasteiger partial charge is 0.481 e. The maximum absolute atomic E-state index is 13.6. The van der Waals surface area contributed by atoms with Crippen molar-refractivity contribution in [3.63, 3.8) is 0 Å². The molecule has 1 amide bonds. The van der Waals surface area contributed by atoms with Crippen molar-refractivity contribution in [3.05, 3.63) is 64.9 Å². The van der Waals surface area contributed by atoms with Crippen LogP contribution >= 0.6 is 0 Å². The molecule has 0 aliphatic rings. The Kier molecular flexibility index (Phi) is 5.25. The highest BCUT2D eigenvalue weighted by Gasteiger charge is 2.20. The van der Waals surface area contributed by atoms with Gasteiger partial charge in [-0.25, -0.2) is 9.37 Å². The summed E-state index contributed by atoms with van der Waals surface area (Å²) in [6, 6.07) is 5.81. The maximum atomic E-state index is 13.6. The van der Waals surface area contributed by atoms with E-state index in [0.29, 0.717) is 0 Å². The standard InChI is InChI=1S/C19H21FN4O3/c1-11(18-12(2)23-24(4)13(18)3)21-19(25)15-9-27-17(22-15)10-26-16-8-6-5-7-14(16)20/h5-9,11H,10H2,1-4H3,(H,21,25). The minimum atomic E-state index is -0.474. The van der Waals surface area contributed by atoms with Crippen LogP contribution in [0.15, 0.2) is 34.9 Å². The fourth-order valence-corrected chi connectivity index (χ4v) is 2.94. The lowest BCUT2D eigenvalue weighted by Gasteiger charge is -2.13. The number of nitrogens with zero attached hydrogens (tertiary/aromatic N) is 3. The molecule has 1 unspecified atom stereocenters. The van der Waals surface area contributed by atoms with E-state index in [0.717, 1.165) is 17.0 Å². The number of aryl methyl sites for hydroxylation is 2. The van der Waals surface area contributed by atoms with Gasteiger partial charge in [0.1, 0.15) is 6.26 Å². The van der Waals surface area contributed by atoms with Crippen molar-refractivity contribution in [2.45, 2.75) is 33.4 Å². The first-order valence-electron chi connectivity index (χ1n) is 8.49. The highest BCUT2D eigenvalue weighted by atomic mass is 19.1. The van der Waals surface area contributed by atoms with Crippen molar-refractivity contribution in [1.82, 2.24) is 20.1 Å². The summed E-state index contributed by atoms with van der Waals surface area (Å²) >= 11 is 0. The van der Waals surface area contributed by atoms with E-state index in [1.807, 2.05) is 27.8 Å². The number of nitrogens with one attached hydrogen (secondary N) is 1. The number of hydrogen-bond acceptors (Lipinski definition) is 5. The average Bonchev–Trinajstić information content (AvgIpc) is 3.19. The van der Waals surface area contributed by atoms with Gasteiger partial charge in [0.25, 0.3) is 5.91 Å². The summed E-state index contributed by atoms with van der Waals surface area (Å²) in [5.74, 6) is -0.563. The van der Waals surface area contributed by atoms with E-state index in [9.17, 15) is 9.18 Å². The molecule has 0 aliphatic heterocycles. The molecule has 0 radical (unpaired) electrons. The van der Waals surface area contributed by atoms with E-state index in [2.05, 4.69) is 15.4 Å². The van der Waals surface area contributed by atoms with Crippen molar-refractivity contribution >= 4 is 5.91 Å². The van der Waals surface area contributed by atoms with E-state index in [1.165, 1.54) is 18.4 Å². The monoisotopic (exact) mass is 372 g/mol. The van der Waals surface area contributed by atoms with Crippen LogP contribution in [0.1, 0.15) is 46.3 Å². The van der Waals surface area contributed by atoms with Crippen LogP contribution in [0.25, 0.3) is 0 Å². The van der Waals surface area contributed by atoms with Crippen LogP contribution in [0.5, 0.6) is 5.75 Å². The summed E-state index contributed by atoms with van der Waals surface area (Å²) in [4.78, 5) is 16.5. The molecule has 0 saturated carbocycles. The number of carbonyl (C=O) groups is 1. The Hall–Kier alpha value is -3.16. The predicted octanol–water partition coefficient (Wildman–Crippen LogP) is 3.23. The van der Waals surface area contributed by atoms with Crippen LogP contribution in [-0.4, -0.2) is 20.7 Å². The zero-order valence-electron chi connectivity index (χ0n) is 15.6. The summed E-state index contributed by atoms with van der Waals surface area (Å²) in [5.41, 5.74) is 2.95. The van der Waals surface area contributed by atoms with Gasteiger partial charge in [0.15, 0.2) is 23.9 Å². The van der Waals surface area contributed by atoms with E-state index < -0.39 is 5.82 Å². The van der Waals surface area contributed by atoms with Crippen LogP contribution in [0.2, 0.25) is 0 Å². The summed E-state index contributed by atoms with van der Waals surface area (Å²) < 4.78 is 25.9. The molecule has 0 bridgehead atoms. The number of rotatable bonds is 6. The zero-order chi connectivity index (χ0) is 19.6. The first-order chi connectivity index (χ1) is 12.9. The predicted molar refractivity (Wildman–Crippen MR) is 95.8 cm³/mol. The Labute approximate surface area is 156 Å². The number of amides is 1. The summed E-state index contributed by atoms with van der Waals surface area (Å²) in [7, 11) is 1.86. The average molecular weight is 372 g/mol. The van der Waals surface area contributed by atoms with E-state index >= 15 is 0 Å². The van der Waals surface area contributed by atoms with Crippen LogP contribution < -0.4 is 10.1 Å². The van der Waals surface area contributed by atoms with Crippen LogP contribution in [-0.2, 0) is 13.7 Å². The first kappa shape index (κ1) is 18.6.